The van der Waals surface area contributed by atoms with Crippen LogP contribution in [-0.4, -0.2) is 20.2 Å². The van der Waals surface area contributed by atoms with E-state index in [4.69, 9.17) is 4.74 Å². The van der Waals surface area contributed by atoms with Crippen LogP contribution in [0.15, 0.2) is 18.2 Å². The lowest BCUT2D eigenvalue weighted by Gasteiger charge is -2.28. The zero-order chi connectivity index (χ0) is 10.3. The average Bonchev–Trinajstić information content (AvgIpc) is 2.72. The number of fused-ring (bicyclic) bond motifs is 2. The minimum Gasteiger partial charge on any atom is -0.496 e. The lowest BCUT2D eigenvalue weighted by molar-refractivity contribution is 0.365. The molecule has 2 nitrogen and oxygen atoms in total. The number of rotatable bonds is 1. The summed E-state index contributed by atoms with van der Waals surface area (Å²) in [6, 6.07) is 6.45. The van der Waals surface area contributed by atoms with E-state index in [0.29, 0.717) is 0 Å². The second-order valence-electron chi connectivity index (χ2n) is 4.68. The lowest BCUT2D eigenvalue weighted by Crippen LogP contribution is -2.24. The van der Waals surface area contributed by atoms with Gasteiger partial charge >= 0.3 is 0 Å². The molecule has 15 heavy (non-hydrogen) atoms. The van der Waals surface area contributed by atoms with Crippen LogP contribution >= 0.6 is 0 Å². The lowest BCUT2D eigenvalue weighted by atomic mass is 9.77. The summed E-state index contributed by atoms with van der Waals surface area (Å²) in [5, 5.41) is 3.50. The van der Waals surface area contributed by atoms with Crippen molar-refractivity contribution in [3.05, 3.63) is 29.3 Å². The van der Waals surface area contributed by atoms with Crippen LogP contribution in [0.2, 0.25) is 0 Å². The number of hydrogen-bond donors (Lipinski definition) is 1. The van der Waals surface area contributed by atoms with Crippen LogP contribution in [0, 0.1) is 11.8 Å². The summed E-state index contributed by atoms with van der Waals surface area (Å²) in [4.78, 5) is 0. The standard InChI is InChI=1S/C13H17NO/c1-15-13-4-2-3-9-5-10-7-14-8-11(10)6-12(9)13/h2-4,10-11,14H,5-8H2,1H3/t10-,11-/m0/s1. The van der Waals surface area contributed by atoms with E-state index >= 15 is 0 Å². The number of hydrogen-bond acceptors (Lipinski definition) is 2. The Labute approximate surface area is 90.6 Å². The fourth-order valence-corrected chi connectivity index (χ4v) is 3.04. The van der Waals surface area contributed by atoms with Gasteiger partial charge in [0.25, 0.3) is 0 Å². The quantitative estimate of drug-likeness (QED) is 0.749. The highest BCUT2D eigenvalue weighted by molar-refractivity contribution is 5.42. The molecule has 2 aliphatic rings. The maximum absolute atomic E-state index is 5.44. The van der Waals surface area contributed by atoms with Gasteiger partial charge in [0.2, 0.25) is 0 Å². The first-order valence-corrected chi connectivity index (χ1v) is 5.74. The minimum atomic E-state index is 0.828. The van der Waals surface area contributed by atoms with Crippen molar-refractivity contribution < 1.29 is 4.74 Å². The normalized spacial score (nSPS) is 28.3. The molecule has 1 fully saturated rings. The smallest absolute Gasteiger partial charge is 0.122 e. The third kappa shape index (κ3) is 1.44. The number of ether oxygens (including phenoxy) is 1. The van der Waals surface area contributed by atoms with Gasteiger partial charge in [-0.05, 0) is 55.0 Å². The van der Waals surface area contributed by atoms with Gasteiger partial charge < -0.3 is 10.1 Å². The van der Waals surface area contributed by atoms with Gasteiger partial charge in [0, 0.05) is 0 Å². The molecule has 0 amide bonds. The summed E-state index contributed by atoms with van der Waals surface area (Å²) in [5.74, 6) is 2.76. The summed E-state index contributed by atoms with van der Waals surface area (Å²) >= 11 is 0. The zero-order valence-corrected chi connectivity index (χ0v) is 9.12. The second-order valence-corrected chi connectivity index (χ2v) is 4.68. The van der Waals surface area contributed by atoms with Gasteiger partial charge in [-0.1, -0.05) is 12.1 Å². The second kappa shape index (κ2) is 3.53. The molecule has 1 aliphatic heterocycles. The Hall–Kier alpha value is -1.02. The van der Waals surface area contributed by atoms with E-state index in [2.05, 4.69) is 23.5 Å². The molecule has 1 heterocycles. The van der Waals surface area contributed by atoms with Gasteiger partial charge in [-0.25, -0.2) is 0 Å². The Kier molecular flexibility index (Phi) is 2.17. The number of methoxy groups -OCH3 is 1. The van der Waals surface area contributed by atoms with E-state index in [9.17, 15) is 0 Å². The molecule has 2 atom stereocenters. The summed E-state index contributed by atoms with van der Waals surface area (Å²) in [5.41, 5.74) is 2.95. The summed E-state index contributed by atoms with van der Waals surface area (Å²) in [6.07, 6.45) is 2.42. The van der Waals surface area contributed by atoms with Gasteiger partial charge in [-0.2, -0.15) is 0 Å². The molecule has 2 heteroatoms. The SMILES string of the molecule is COc1cccc2c1C[C@H]1CNC[C@@H]1C2. The van der Waals surface area contributed by atoms with Gasteiger partial charge in [0.05, 0.1) is 7.11 Å². The molecule has 0 radical (unpaired) electrons. The largest absolute Gasteiger partial charge is 0.496 e. The Morgan fingerprint density at radius 1 is 1.20 bits per heavy atom. The van der Waals surface area contributed by atoms with Crippen molar-refractivity contribution in [2.45, 2.75) is 12.8 Å². The molecule has 1 saturated heterocycles. The van der Waals surface area contributed by atoms with Crippen molar-refractivity contribution in [1.82, 2.24) is 5.32 Å². The van der Waals surface area contributed by atoms with Crippen molar-refractivity contribution in [3.8, 4) is 5.75 Å². The first-order valence-electron chi connectivity index (χ1n) is 5.74. The molecule has 80 valence electrons. The molecule has 0 unspecified atom stereocenters. The van der Waals surface area contributed by atoms with Gasteiger partial charge in [0.1, 0.15) is 5.75 Å². The van der Waals surface area contributed by atoms with Crippen molar-refractivity contribution in [3.63, 3.8) is 0 Å². The van der Waals surface area contributed by atoms with Crippen molar-refractivity contribution in [2.24, 2.45) is 11.8 Å². The molecular weight excluding hydrogens is 186 g/mol. The Morgan fingerprint density at radius 2 is 2.00 bits per heavy atom. The van der Waals surface area contributed by atoms with Crippen LogP contribution in [0.5, 0.6) is 5.75 Å². The fourth-order valence-electron chi connectivity index (χ4n) is 3.04. The maximum atomic E-state index is 5.44. The fraction of sp³-hybridized carbons (Fsp3) is 0.538. The molecule has 1 N–H and O–H groups in total. The molecule has 1 aromatic rings. The summed E-state index contributed by atoms with van der Waals surface area (Å²) in [7, 11) is 1.77. The predicted molar refractivity (Wildman–Crippen MR) is 60.3 cm³/mol. The highest BCUT2D eigenvalue weighted by Gasteiger charge is 2.33. The molecule has 1 aliphatic carbocycles. The molecular formula is C13H17NO. The molecule has 0 bridgehead atoms. The molecule has 0 aromatic heterocycles. The Morgan fingerprint density at radius 3 is 2.80 bits per heavy atom. The molecule has 0 saturated carbocycles. The first kappa shape index (κ1) is 9.22. The average molecular weight is 203 g/mol. The van der Waals surface area contributed by atoms with Gasteiger partial charge in [-0.15, -0.1) is 0 Å². The predicted octanol–water partition coefficient (Wildman–Crippen LogP) is 1.63. The van der Waals surface area contributed by atoms with E-state index in [1.54, 1.807) is 7.11 Å². The third-order valence-electron chi connectivity index (χ3n) is 3.88. The van der Waals surface area contributed by atoms with Gasteiger partial charge in [0.15, 0.2) is 0 Å². The van der Waals surface area contributed by atoms with E-state index in [1.165, 1.54) is 37.1 Å². The van der Waals surface area contributed by atoms with Crippen molar-refractivity contribution >= 4 is 0 Å². The zero-order valence-electron chi connectivity index (χ0n) is 9.12. The highest BCUT2D eigenvalue weighted by Crippen LogP contribution is 2.36. The number of nitrogens with one attached hydrogen (secondary N) is 1. The van der Waals surface area contributed by atoms with E-state index in [1.807, 2.05) is 0 Å². The van der Waals surface area contributed by atoms with Crippen LogP contribution in [0.25, 0.3) is 0 Å². The monoisotopic (exact) mass is 203 g/mol. The highest BCUT2D eigenvalue weighted by atomic mass is 16.5. The van der Waals surface area contributed by atoms with Crippen LogP contribution in [0.4, 0.5) is 0 Å². The van der Waals surface area contributed by atoms with E-state index in [0.717, 1.165) is 17.6 Å². The molecule has 1 aromatic carbocycles. The molecule has 3 rings (SSSR count). The molecule has 0 spiro atoms. The third-order valence-corrected chi connectivity index (χ3v) is 3.88. The van der Waals surface area contributed by atoms with E-state index < -0.39 is 0 Å². The number of benzene rings is 1. The Bertz CT molecular complexity index is 375. The van der Waals surface area contributed by atoms with Gasteiger partial charge in [-0.3, -0.25) is 0 Å². The van der Waals surface area contributed by atoms with Crippen molar-refractivity contribution in [2.75, 3.05) is 20.2 Å². The van der Waals surface area contributed by atoms with Crippen LogP contribution in [0.1, 0.15) is 11.1 Å². The summed E-state index contributed by atoms with van der Waals surface area (Å²) in [6.45, 7) is 2.38. The maximum Gasteiger partial charge on any atom is 0.122 e. The van der Waals surface area contributed by atoms with E-state index in [-0.39, 0.29) is 0 Å². The Balaban J connectivity index is 1.99. The van der Waals surface area contributed by atoms with Crippen LogP contribution < -0.4 is 10.1 Å². The van der Waals surface area contributed by atoms with Crippen LogP contribution in [-0.2, 0) is 12.8 Å². The topological polar surface area (TPSA) is 21.3 Å². The van der Waals surface area contributed by atoms with Crippen molar-refractivity contribution in [1.29, 1.82) is 0 Å². The van der Waals surface area contributed by atoms with Crippen LogP contribution in [0.3, 0.4) is 0 Å². The summed E-state index contributed by atoms with van der Waals surface area (Å²) < 4.78 is 5.44. The minimum absolute atomic E-state index is 0.828. The first-order chi connectivity index (χ1) is 7.38.